The second-order valence-electron chi connectivity index (χ2n) is 4.76. The standard InChI is InChI=1S/C15H12N4O5/c20-15-18(14(17-24-15)11-5-7-16-8-6-11)9-10-23-13-3-1-12(2-4-13)19(21)22/h1-8H,9-10H2. The summed E-state index contributed by atoms with van der Waals surface area (Å²) in [6.45, 7) is 0.397. The van der Waals surface area contributed by atoms with Crippen molar-refractivity contribution in [2.75, 3.05) is 6.61 Å². The molecule has 3 aromatic rings. The Hall–Kier alpha value is -3.49. The third-order valence-corrected chi connectivity index (χ3v) is 3.26. The van der Waals surface area contributed by atoms with Gasteiger partial charge in [-0.2, -0.15) is 0 Å². The van der Waals surface area contributed by atoms with E-state index in [9.17, 15) is 14.9 Å². The highest BCUT2D eigenvalue weighted by molar-refractivity contribution is 5.53. The van der Waals surface area contributed by atoms with Gasteiger partial charge in [-0.15, -0.1) is 0 Å². The fraction of sp³-hybridized carbons (Fsp3) is 0.133. The molecule has 0 bridgehead atoms. The number of nitrogens with zero attached hydrogens (tertiary/aromatic N) is 4. The van der Waals surface area contributed by atoms with Crippen molar-refractivity contribution in [2.24, 2.45) is 0 Å². The summed E-state index contributed by atoms with van der Waals surface area (Å²) in [5, 5.41) is 14.4. The molecular formula is C15H12N4O5. The molecule has 0 N–H and O–H groups in total. The first-order valence-electron chi connectivity index (χ1n) is 6.99. The molecule has 9 heteroatoms. The van der Waals surface area contributed by atoms with Gasteiger partial charge < -0.3 is 4.74 Å². The fourth-order valence-corrected chi connectivity index (χ4v) is 2.09. The van der Waals surface area contributed by atoms with Crippen LogP contribution in [0.15, 0.2) is 58.1 Å². The molecule has 1 aromatic carbocycles. The largest absolute Gasteiger partial charge is 0.492 e. The van der Waals surface area contributed by atoms with E-state index in [0.29, 0.717) is 17.1 Å². The van der Waals surface area contributed by atoms with Gasteiger partial charge in [0.1, 0.15) is 12.4 Å². The Labute approximate surface area is 135 Å². The SMILES string of the molecule is O=c1onc(-c2ccncc2)n1CCOc1ccc([N+](=O)[O-])cc1. The van der Waals surface area contributed by atoms with Gasteiger partial charge in [0.2, 0.25) is 0 Å². The van der Waals surface area contributed by atoms with Gasteiger partial charge in [0.05, 0.1) is 11.5 Å². The van der Waals surface area contributed by atoms with E-state index < -0.39 is 10.7 Å². The molecule has 0 amide bonds. The molecule has 24 heavy (non-hydrogen) atoms. The molecule has 0 saturated carbocycles. The molecule has 0 fully saturated rings. The molecule has 0 aliphatic carbocycles. The number of nitro benzene ring substituents is 1. The smallest absolute Gasteiger partial charge is 0.441 e. The Morgan fingerprint density at radius 1 is 1.17 bits per heavy atom. The third kappa shape index (κ3) is 3.29. The first-order chi connectivity index (χ1) is 11.6. The van der Waals surface area contributed by atoms with Gasteiger partial charge in [-0.25, -0.2) is 4.79 Å². The Bertz CT molecular complexity index is 886. The van der Waals surface area contributed by atoms with Crippen molar-refractivity contribution in [2.45, 2.75) is 6.54 Å². The first kappa shape index (κ1) is 15.4. The van der Waals surface area contributed by atoms with Crippen molar-refractivity contribution in [1.82, 2.24) is 14.7 Å². The minimum absolute atomic E-state index is 0.0161. The maximum Gasteiger partial charge on any atom is 0.441 e. The van der Waals surface area contributed by atoms with Crippen molar-refractivity contribution < 1.29 is 14.2 Å². The third-order valence-electron chi connectivity index (χ3n) is 3.26. The number of benzene rings is 1. The number of pyridine rings is 1. The number of non-ortho nitro benzene ring substituents is 1. The van der Waals surface area contributed by atoms with E-state index in [1.165, 1.54) is 28.8 Å². The summed E-state index contributed by atoms with van der Waals surface area (Å²) in [5.41, 5.74) is 0.684. The Kier molecular flexibility index (Phi) is 4.32. The highest BCUT2D eigenvalue weighted by atomic mass is 16.6. The minimum atomic E-state index is -0.589. The summed E-state index contributed by atoms with van der Waals surface area (Å²) in [7, 11) is 0. The predicted molar refractivity (Wildman–Crippen MR) is 82.6 cm³/mol. The lowest BCUT2D eigenvalue weighted by Gasteiger charge is -2.07. The number of ether oxygens (including phenoxy) is 1. The molecule has 3 rings (SSSR count). The quantitative estimate of drug-likeness (QED) is 0.501. The van der Waals surface area contributed by atoms with Crippen LogP contribution in [-0.4, -0.2) is 26.2 Å². The molecule has 0 radical (unpaired) electrons. The summed E-state index contributed by atoms with van der Waals surface area (Å²) in [5.74, 6) is 0.263. The number of nitro groups is 1. The lowest BCUT2D eigenvalue weighted by molar-refractivity contribution is -0.384. The molecule has 2 aromatic heterocycles. The number of hydrogen-bond donors (Lipinski definition) is 0. The molecule has 0 saturated heterocycles. The van der Waals surface area contributed by atoms with Crippen molar-refractivity contribution >= 4 is 5.69 Å². The van der Waals surface area contributed by atoms with Crippen LogP contribution in [0.5, 0.6) is 5.75 Å². The highest BCUT2D eigenvalue weighted by Gasteiger charge is 2.12. The molecule has 0 aliphatic heterocycles. The summed E-state index contributed by atoms with van der Waals surface area (Å²) in [4.78, 5) is 25.8. The zero-order valence-electron chi connectivity index (χ0n) is 12.4. The summed E-state index contributed by atoms with van der Waals surface area (Å²) < 4.78 is 11.5. The normalized spacial score (nSPS) is 10.5. The van der Waals surface area contributed by atoms with Crippen LogP contribution in [0.2, 0.25) is 0 Å². The number of aromatic nitrogens is 3. The first-order valence-corrected chi connectivity index (χ1v) is 6.99. The van der Waals surface area contributed by atoms with E-state index >= 15 is 0 Å². The van der Waals surface area contributed by atoms with Gasteiger partial charge in [0.15, 0.2) is 5.82 Å². The maximum atomic E-state index is 11.8. The van der Waals surface area contributed by atoms with Crippen molar-refractivity contribution in [3.05, 3.63) is 69.5 Å². The van der Waals surface area contributed by atoms with Crippen LogP contribution in [-0.2, 0) is 6.54 Å². The molecule has 2 heterocycles. The van der Waals surface area contributed by atoms with E-state index in [1.54, 1.807) is 24.5 Å². The van der Waals surface area contributed by atoms with Crippen LogP contribution in [0, 0.1) is 10.1 Å². The van der Waals surface area contributed by atoms with E-state index in [-0.39, 0.29) is 18.8 Å². The highest BCUT2D eigenvalue weighted by Crippen LogP contribution is 2.18. The van der Waals surface area contributed by atoms with Gasteiger partial charge in [0.25, 0.3) is 5.69 Å². The minimum Gasteiger partial charge on any atom is -0.492 e. The van der Waals surface area contributed by atoms with Gasteiger partial charge in [-0.05, 0) is 24.3 Å². The van der Waals surface area contributed by atoms with E-state index in [2.05, 4.69) is 10.1 Å². The van der Waals surface area contributed by atoms with E-state index in [1.807, 2.05) is 0 Å². The Morgan fingerprint density at radius 3 is 2.54 bits per heavy atom. The molecular weight excluding hydrogens is 316 g/mol. The van der Waals surface area contributed by atoms with Gasteiger partial charge in [-0.1, -0.05) is 5.16 Å². The lowest BCUT2D eigenvalue weighted by Crippen LogP contribution is -2.19. The van der Waals surface area contributed by atoms with Crippen LogP contribution in [0.3, 0.4) is 0 Å². The lowest BCUT2D eigenvalue weighted by atomic mass is 10.2. The van der Waals surface area contributed by atoms with Crippen LogP contribution in [0.1, 0.15) is 0 Å². The summed E-state index contributed by atoms with van der Waals surface area (Å²) in [6.07, 6.45) is 3.18. The summed E-state index contributed by atoms with van der Waals surface area (Å²) >= 11 is 0. The zero-order valence-corrected chi connectivity index (χ0v) is 12.4. The van der Waals surface area contributed by atoms with Crippen molar-refractivity contribution in [1.29, 1.82) is 0 Å². The monoisotopic (exact) mass is 328 g/mol. The fourth-order valence-electron chi connectivity index (χ4n) is 2.09. The molecule has 9 nitrogen and oxygen atoms in total. The van der Waals surface area contributed by atoms with Gasteiger partial charge in [0, 0.05) is 30.1 Å². The number of hydrogen-bond acceptors (Lipinski definition) is 7. The van der Waals surface area contributed by atoms with Crippen LogP contribution in [0.4, 0.5) is 5.69 Å². The predicted octanol–water partition coefficient (Wildman–Crippen LogP) is 1.89. The van der Waals surface area contributed by atoms with Crippen molar-refractivity contribution in [3.63, 3.8) is 0 Å². The maximum absolute atomic E-state index is 11.8. The Balaban J connectivity index is 1.68. The van der Waals surface area contributed by atoms with E-state index in [0.717, 1.165) is 0 Å². The van der Waals surface area contributed by atoms with Crippen molar-refractivity contribution in [3.8, 4) is 17.1 Å². The topological polar surface area (TPSA) is 113 Å². The second kappa shape index (κ2) is 6.73. The summed E-state index contributed by atoms with van der Waals surface area (Å²) in [6, 6.07) is 9.12. The average Bonchev–Trinajstić information content (AvgIpc) is 2.97. The number of rotatable bonds is 6. The van der Waals surface area contributed by atoms with E-state index in [4.69, 9.17) is 9.26 Å². The molecule has 0 atom stereocenters. The van der Waals surface area contributed by atoms with Crippen LogP contribution >= 0.6 is 0 Å². The van der Waals surface area contributed by atoms with Crippen LogP contribution < -0.4 is 10.5 Å². The Morgan fingerprint density at radius 2 is 1.88 bits per heavy atom. The van der Waals surface area contributed by atoms with Crippen LogP contribution in [0.25, 0.3) is 11.4 Å². The average molecular weight is 328 g/mol. The zero-order chi connectivity index (χ0) is 16.9. The van der Waals surface area contributed by atoms with Gasteiger partial charge in [-0.3, -0.25) is 24.2 Å². The molecule has 0 unspecified atom stereocenters. The second-order valence-corrected chi connectivity index (χ2v) is 4.76. The molecule has 0 spiro atoms. The molecule has 0 aliphatic rings. The van der Waals surface area contributed by atoms with Gasteiger partial charge >= 0.3 is 5.76 Å². The molecule has 122 valence electrons.